The van der Waals surface area contributed by atoms with Crippen LogP contribution in [0, 0.1) is 0 Å². The minimum absolute atomic E-state index is 0.0944. The molecule has 0 aliphatic carbocycles. The number of benzene rings is 1. The number of aromatic hydroxyl groups is 1. The molecule has 0 heterocycles. The first kappa shape index (κ1) is 15.0. The fourth-order valence-electron chi connectivity index (χ4n) is 0.689. The lowest BCUT2D eigenvalue weighted by atomic mass is 10.2. The van der Waals surface area contributed by atoms with Crippen molar-refractivity contribution in [2.75, 3.05) is 13.2 Å². The van der Waals surface area contributed by atoms with Crippen molar-refractivity contribution >= 4 is 11.6 Å². The minimum atomic E-state index is -4.44. The summed E-state index contributed by atoms with van der Waals surface area (Å²) in [5.41, 5.74) is -0.913. The Morgan fingerprint density at radius 3 is 1.94 bits per heavy atom. The molecule has 92 valence electrons. The molecule has 0 saturated carbocycles. The van der Waals surface area contributed by atoms with Gasteiger partial charge in [-0.05, 0) is 18.2 Å². The van der Waals surface area contributed by atoms with E-state index in [1.54, 1.807) is 0 Å². The van der Waals surface area contributed by atoms with E-state index in [2.05, 4.69) is 0 Å². The monoisotopic (exact) mass is 258 g/mol. The lowest BCUT2D eigenvalue weighted by molar-refractivity contribution is -0.137. The zero-order valence-electron chi connectivity index (χ0n) is 8.00. The van der Waals surface area contributed by atoms with E-state index in [0.29, 0.717) is 6.07 Å². The van der Waals surface area contributed by atoms with Crippen LogP contribution < -0.4 is 0 Å². The Balaban J connectivity index is 0.000000487. The Bertz CT molecular complexity index is 326. The van der Waals surface area contributed by atoms with Crippen LogP contribution in [0.4, 0.5) is 13.2 Å². The number of halogens is 4. The van der Waals surface area contributed by atoms with Crippen molar-refractivity contribution in [3.05, 3.63) is 28.8 Å². The van der Waals surface area contributed by atoms with Gasteiger partial charge in [-0.25, -0.2) is 0 Å². The third-order valence-corrected chi connectivity index (χ3v) is 1.69. The van der Waals surface area contributed by atoms with Gasteiger partial charge in [0.1, 0.15) is 5.75 Å². The highest BCUT2D eigenvalue weighted by Crippen LogP contribution is 2.33. The standard InChI is InChI=1S/C7H4ClF3O.C2H6O2/c8-5-2-1-4(3-6(5)12)7(9,10)11;3-1-2-4/h1-3,12H;3-4H,1-2H2. The van der Waals surface area contributed by atoms with E-state index >= 15 is 0 Å². The number of phenols is 1. The van der Waals surface area contributed by atoms with Crippen molar-refractivity contribution < 1.29 is 28.5 Å². The molecule has 0 fully saturated rings. The molecule has 0 radical (unpaired) electrons. The third-order valence-electron chi connectivity index (χ3n) is 1.37. The molecule has 1 rings (SSSR count). The molecule has 0 saturated heterocycles. The summed E-state index contributed by atoms with van der Waals surface area (Å²) in [4.78, 5) is 0. The predicted octanol–water partition coefficient (Wildman–Crippen LogP) is 2.04. The summed E-state index contributed by atoms with van der Waals surface area (Å²) in [6, 6.07) is 2.39. The van der Waals surface area contributed by atoms with Crippen LogP contribution in [0.15, 0.2) is 18.2 Å². The first-order valence-corrected chi connectivity index (χ1v) is 4.48. The van der Waals surface area contributed by atoms with Crippen molar-refractivity contribution in [2.24, 2.45) is 0 Å². The van der Waals surface area contributed by atoms with Gasteiger partial charge in [0.2, 0.25) is 0 Å². The lowest BCUT2D eigenvalue weighted by Gasteiger charge is -2.06. The van der Waals surface area contributed by atoms with Crippen LogP contribution in [0.3, 0.4) is 0 Å². The van der Waals surface area contributed by atoms with Gasteiger partial charge in [0.15, 0.2) is 0 Å². The summed E-state index contributed by atoms with van der Waals surface area (Å²) >= 11 is 5.31. The molecule has 0 unspecified atom stereocenters. The highest BCUT2D eigenvalue weighted by molar-refractivity contribution is 6.32. The first-order chi connectivity index (χ1) is 7.32. The average molecular weight is 259 g/mol. The van der Waals surface area contributed by atoms with E-state index in [0.717, 1.165) is 12.1 Å². The molecule has 0 atom stereocenters. The number of rotatable bonds is 1. The second kappa shape index (κ2) is 6.57. The minimum Gasteiger partial charge on any atom is -0.506 e. The van der Waals surface area contributed by atoms with Crippen LogP contribution in [-0.2, 0) is 6.18 Å². The first-order valence-electron chi connectivity index (χ1n) is 4.10. The SMILES string of the molecule is OCCO.Oc1cc(C(F)(F)F)ccc1Cl. The maximum absolute atomic E-state index is 11.9. The second-order valence-electron chi connectivity index (χ2n) is 2.61. The topological polar surface area (TPSA) is 60.7 Å². The van der Waals surface area contributed by atoms with Crippen molar-refractivity contribution in [1.82, 2.24) is 0 Å². The zero-order chi connectivity index (χ0) is 12.8. The van der Waals surface area contributed by atoms with Gasteiger partial charge in [-0.2, -0.15) is 13.2 Å². The number of hydrogen-bond donors (Lipinski definition) is 3. The van der Waals surface area contributed by atoms with Gasteiger partial charge >= 0.3 is 6.18 Å². The van der Waals surface area contributed by atoms with Crippen molar-refractivity contribution in [1.29, 1.82) is 0 Å². The van der Waals surface area contributed by atoms with Crippen LogP contribution >= 0.6 is 11.6 Å². The van der Waals surface area contributed by atoms with Gasteiger partial charge in [0.05, 0.1) is 23.8 Å². The van der Waals surface area contributed by atoms with Gasteiger partial charge in [-0.15, -0.1) is 0 Å². The van der Waals surface area contributed by atoms with E-state index in [9.17, 15) is 13.2 Å². The Morgan fingerprint density at radius 2 is 1.62 bits per heavy atom. The van der Waals surface area contributed by atoms with Crippen LogP contribution in [-0.4, -0.2) is 28.5 Å². The molecule has 3 N–H and O–H groups in total. The summed E-state index contributed by atoms with van der Waals surface area (Å²) in [5, 5.41) is 24.0. The highest BCUT2D eigenvalue weighted by atomic mass is 35.5. The molecule has 0 aromatic heterocycles. The molecule has 1 aromatic carbocycles. The Labute approximate surface area is 94.7 Å². The Morgan fingerprint density at radius 1 is 1.12 bits per heavy atom. The summed E-state index contributed by atoms with van der Waals surface area (Å²) < 4.78 is 35.8. The summed E-state index contributed by atoms with van der Waals surface area (Å²) in [5.74, 6) is -0.563. The molecule has 0 amide bonds. The molecule has 7 heteroatoms. The number of aliphatic hydroxyl groups excluding tert-OH is 2. The van der Waals surface area contributed by atoms with E-state index < -0.39 is 17.5 Å². The van der Waals surface area contributed by atoms with E-state index in [4.69, 9.17) is 26.9 Å². The molecule has 16 heavy (non-hydrogen) atoms. The van der Waals surface area contributed by atoms with Gasteiger partial charge in [-0.3, -0.25) is 0 Å². The average Bonchev–Trinajstić information content (AvgIpc) is 2.21. The smallest absolute Gasteiger partial charge is 0.416 e. The number of phenolic OH excluding ortho intramolecular Hbond substituents is 1. The third kappa shape index (κ3) is 5.20. The molecular weight excluding hydrogens is 249 g/mol. The maximum Gasteiger partial charge on any atom is 0.416 e. The Hall–Kier alpha value is -0.980. The van der Waals surface area contributed by atoms with E-state index in [-0.39, 0.29) is 18.2 Å². The fourth-order valence-corrected chi connectivity index (χ4v) is 0.807. The highest BCUT2D eigenvalue weighted by Gasteiger charge is 2.30. The van der Waals surface area contributed by atoms with Crippen molar-refractivity contribution in [3.8, 4) is 5.75 Å². The largest absolute Gasteiger partial charge is 0.506 e. The normalized spacial score (nSPS) is 10.6. The predicted molar refractivity (Wildman–Crippen MR) is 52.3 cm³/mol. The van der Waals surface area contributed by atoms with Crippen molar-refractivity contribution in [3.63, 3.8) is 0 Å². The summed E-state index contributed by atoms with van der Waals surface area (Å²) in [6.07, 6.45) is -4.44. The number of aliphatic hydroxyl groups is 2. The van der Waals surface area contributed by atoms with E-state index in [1.165, 1.54) is 0 Å². The van der Waals surface area contributed by atoms with Crippen LogP contribution in [0.5, 0.6) is 5.75 Å². The molecule has 0 aliphatic rings. The maximum atomic E-state index is 11.9. The van der Waals surface area contributed by atoms with Crippen molar-refractivity contribution in [2.45, 2.75) is 6.18 Å². The molecular formula is C9H10ClF3O3. The molecule has 0 aliphatic heterocycles. The second-order valence-corrected chi connectivity index (χ2v) is 3.02. The van der Waals surface area contributed by atoms with Crippen LogP contribution in [0.1, 0.15) is 5.56 Å². The lowest BCUT2D eigenvalue weighted by Crippen LogP contribution is -2.03. The summed E-state index contributed by atoms with van der Waals surface area (Å²) in [6.45, 7) is -0.250. The zero-order valence-corrected chi connectivity index (χ0v) is 8.76. The van der Waals surface area contributed by atoms with Gasteiger partial charge < -0.3 is 15.3 Å². The summed E-state index contributed by atoms with van der Waals surface area (Å²) in [7, 11) is 0. The van der Waals surface area contributed by atoms with Crippen LogP contribution in [0.25, 0.3) is 0 Å². The quantitative estimate of drug-likeness (QED) is 0.722. The molecule has 0 bridgehead atoms. The van der Waals surface area contributed by atoms with Gasteiger partial charge in [0.25, 0.3) is 0 Å². The fraction of sp³-hybridized carbons (Fsp3) is 0.333. The number of alkyl halides is 3. The van der Waals surface area contributed by atoms with Gasteiger partial charge in [-0.1, -0.05) is 11.6 Å². The number of hydrogen-bond acceptors (Lipinski definition) is 3. The Kier molecular flexibility index (Phi) is 6.17. The molecule has 1 aromatic rings. The van der Waals surface area contributed by atoms with E-state index in [1.807, 2.05) is 0 Å². The molecule has 0 spiro atoms. The van der Waals surface area contributed by atoms with Crippen LogP contribution in [0.2, 0.25) is 5.02 Å². The molecule has 3 nitrogen and oxygen atoms in total. The van der Waals surface area contributed by atoms with Gasteiger partial charge in [0, 0.05) is 0 Å².